The molecule has 2 amide bonds. The summed E-state index contributed by atoms with van der Waals surface area (Å²) in [5.74, 6) is -1.35. The summed E-state index contributed by atoms with van der Waals surface area (Å²) in [5.41, 5.74) is -0.885. The van der Waals surface area contributed by atoms with Crippen molar-refractivity contribution in [3.8, 4) is 5.75 Å². The second kappa shape index (κ2) is 11.4. The summed E-state index contributed by atoms with van der Waals surface area (Å²) in [6.07, 6.45) is -0.810. The monoisotopic (exact) mass is 468 g/mol. The van der Waals surface area contributed by atoms with Gasteiger partial charge < -0.3 is 15.4 Å². The van der Waals surface area contributed by atoms with E-state index in [4.69, 9.17) is 17.0 Å². The molecule has 1 aromatic heterocycles. The van der Waals surface area contributed by atoms with Crippen LogP contribution in [0.25, 0.3) is 0 Å². The minimum atomic E-state index is -4.63. The highest BCUT2D eigenvalue weighted by Crippen LogP contribution is 2.38. The number of anilines is 2. The van der Waals surface area contributed by atoms with Gasteiger partial charge in [0.15, 0.2) is 5.11 Å². The molecule has 11 heteroatoms. The van der Waals surface area contributed by atoms with E-state index in [9.17, 15) is 22.8 Å². The molecular formula is C21H23F3N4O3S. The minimum Gasteiger partial charge on any atom is -0.493 e. The van der Waals surface area contributed by atoms with Gasteiger partial charge in [0.05, 0.1) is 17.7 Å². The van der Waals surface area contributed by atoms with E-state index in [0.717, 1.165) is 18.9 Å². The van der Waals surface area contributed by atoms with Crippen LogP contribution in [-0.4, -0.2) is 28.5 Å². The van der Waals surface area contributed by atoms with E-state index in [1.807, 2.05) is 6.92 Å². The predicted octanol–water partition coefficient (Wildman–Crippen LogP) is 4.75. The zero-order chi connectivity index (χ0) is 23.7. The van der Waals surface area contributed by atoms with Gasteiger partial charge in [0.2, 0.25) is 5.91 Å². The molecular weight excluding hydrogens is 445 g/mol. The van der Waals surface area contributed by atoms with Crippen LogP contribution < -0.4 is 20.7 Å². The fourth-order valence-corrected chi connectivity index (χ4v) is 2.89. The van der Waals surface area contributed by atoms with Crippen molar-refractivity contribution in [3.05, 3.63) is 47.7 Å². The molecule has 0 spiro atoms. The molecule has 1 aromatic carbocycles. The summed E-state index contributed by atoms with van der Waals surface area (Å²) in [4.78, 5) is 27.7. The van der Waals surface area contributed by atoms with Gasteiger partial charge in [-0.1, -0.05) is 19.8 Å². The number of alkyl halides is 3. The first kappa shape index (κ1) is 25.1. The summed E-state index contributed by atoms with van der Waals surface area (Å²) in [6, 6.07) is 6.35. The number of pyridine rings is 1. The standard InChI is InChI=1S/C21H23F3N4O3S/c1-3-4-5-11-31-17-9-8-14(12-16(17)21(22,23)24)27-20(32)28-19(30)15-7-6-10-25-18(15)26-13(2)29/h6-10,12H,3-5,11H2,1-2H3,(H,25,26,29)(H2,27,28,30,32). The highest BCUT2D eigenvalue weighted by Gasteiger charge is 2.34. The third-order valence-electron chi connectivity index (χ3n) is 4.12. The topological polar surface area (TPSA) is 92.3 Å². The van der Waals surface area contributed by atoms with E-state index >= 15 is 0 Å². The molecule has 0 saturated heterocycles. The van der Waals surface area contributed by atoms with Gasteiger partial charge in [-0.25, -0.2) is 4.98 Å². The molecule has 2 rings (SSSR count). The second-order valence-corrected chi connectivity index (χ2v) is 7.16. The smallest absolute Gasteiger partial charge is 0.420 e. The van der Waals surface area contributed by atoms with Gasteiger partial charge in [-0.05, 0) is 49.0 Å². The lowest BCUT2D eigenvalue weighted by molar-refractivity contribution is -0.138. The van der Waals surface area contributed by atoms with E-state index in [2.05, 4.69) is 20.9 Å². The third-order valence-corrected chi connectivity index (χ3v) is 4.33. The molecule has 0 aliphatic carbocycles. The number of amides is 2. The van der Waals surface area contributed by atoms with Crippen LogP contribution >= 0.6 is 12.2 Å². The number of hydrogen-bond donors (Lipinski definition) is 3. The van der Waals surface area contributed by atoms with Gasteiger partial charge in [0.1, 0.15) is 11.6 Å². The van der Waals surface area contributed by atoms with Crippen LogP contribution in [0.5, 0.6) is 5.75 Å². The molecule has 0 unspecified atom stereocenters. The molecule has 0 bridgehead atoms. The summed E-state index contributed by atoms with van der Waals surface area (Å²) in [5, 5.41) is 7.11. The molecule has 0 atom stereocenters. The van der Waals surface area contributed by atoms with Gasteiger partial charge in [-0.2, -0.15) is 13.2 Å². The molecule has 0 fully saturated rings. The van der Waals surface area contributed by atoms with Gasteiger partial charge in [0.25, 0.3) is 5.91 Å². The summed E-state index contributed by atoms with van der Waals surface area (Å²) in [7, 11) is 0. The average Bonchev–Trinajstić information content (AvgIpc) is 2.71. The molecule has 0 aliphatic heterocycles. The first-order chi connectivity index (χ1) is 15.1. The number of rotatable bonds is 8. The molecule has 32 heavy (non-hydrogen) atoms. The number of carbonyl (C=O) groups is 2. The van der Waals surface area contributed by atoms with Crippen molar-refractivity contribution in [1.82, 2.24) is 10.3 Å². The minimum absolute atomic E-state index is 0.0248. The zero-order valence-electron chi connectivity index (χ0n) is 17.5. The second-order valence-electron chi connectivity index (χ2n) is 6.75. The quantitative estimate of drug-likeness (QED) is 0.382. The van der Waals surface area contributed by atoms with Crippen molar-refractivity contribution in [2.45, 2.75) is 39.3 Å². The lowest BCUT2D eigenvalue weighted by Crippen LogP contribution is -2.34. The van der Waals surface area contributed by atoms with Gasteiger partial charge in [-0.15, -0.1) is 0 Å². The number of hydrogen-bond acceptors (Lipinski definition) is 5. The van der Waals surface area contributed by atoms with Crippen molar-refractivity contribution in [3.63, 3.8) is 0 Å². The molecule has 7 nitrogen and oxygen atoms in total. The van der Waals surface area contributed by atoms with Crippen LogP contribution in [0.3, 0.4) is 0 Å². The van der Waals surface area contributed by atoms with Crippen molar-refractivity contribution in [2.24, 2.45) is 0 Å². The Morgan fingerprint density at radius 3 is 2.56 bits per heavy atom. The molecule has 1 heterocycles. The van der Waals surface area contributed by atoms with Crippen LogP contribution in [-0.2, 0) is 11.0 Å². The lowest BCUT2D eigenvalue weighted by atomic mass is 10.1. The van der Waals surface area contributed by atoms with Crippen LogP contribution in [0.15, 0.2) is 36.5 Å². The molecule has 0 aliphatic rings. The normalized spacial score (nSPS) is 10.9. The molecule has 3 N–H and O–H groups in total. The predicted molar refractivity (Wildman–Crippen MR) is 119 cm³/mol. The van der Waals surface area contributed by atoms with E-state index in [0.29, 0.717) is 6.42 Å². The zero-order valence-corrected chi connectivity index (χ0v) is 18.3. The fraction of sp³-hybridized carbons (Fsp3) is 0.333. The van der Waals surface area contributed by atoms with Gasteiger partial charge in [-0.3, -0.25) is 14.9 Å². The fourth-order valence-electron chi connectivity index (χ4n) is 2.68. The Labute approximate surface area is 188 Å². The Hall–Kier alpha value is -3.21. The summed E-state index contributed by atoms with van der Waals surface area (Å²) >= 11 is 5.05. The van der Waals surface area contributed by atoms with Gasteiger partial charge >= 0.3 is 6.18 Å². The number of unbranched alkanes of at least 4 members (excludes halogenated alkanes) is 2. The third kappa shape index (κ3) is 7.49. The first-order valence-corrected chi connectivity index (χ1v) is 10.2. The summed E-state index contributed by atoms with van der Waals surface area (Å²) < 4.78 is 45.7. The van der Waals surface area contributed by atoms with Crippen molar-refractivity contribution in [1.29, 1.82) is 0 Å². The average molecular weight is 469 g/mol. The molecule has 0 saturated carbocycles. The first-order valence-electron chi connectivity index (χ1n) is 9.80. The highest BCUT2D eigenvalue weighted by atomic mass is 32.1. The van der Waals surface area contributed by atoms with Crippen LogP contribution in [0.4, 0.5) is 24.7 Å². The van der Waals surface area contributed by atoms with E-state index in [1.165, 1.54) is 37.4 Å². The number of nitrogens with one attached hydrogen (secondary N) is 3. The maximum atomic E-state index is 13.5. The number of halogens is 3. The Morgan fingerprint density at radius 1 is 1.16 bits per heavy atom. The van der Waals surface area contributed by atoms with E-state index in [1.54, 1.807) is 0 Å². The van der Waals surface area contributed by atoms with Crippen molar-refractivity contribution < 1.29 is 27.5 Å². The largest absolute Gasteiger partial charge is 0.493 e. The summed E-state index contributed by atoms with van der Waals surface area (Å²) in [6.45, 7) is 3.43. The number of ether oxygens (including phenoxy) is 1. The van der Waals surface area contributed by atoms with Crippen LogP contribution in [0.2, 0.25) is 0 Å². The number of nitrogens with zero attached hydrogens (tertiary/aromatic N) is 1. The van der Waals surface area contributed by atoms with E-state index in [-0.39, 0.29) is 34.5 Å². The maximum Gasteiger partial charge on any atom is 0.420 e. The molecule has 0 radical (unpaired) electrons. The Morgan fingerprint density at radius 2 is 1.91 bits per heavy atom. The number of carbonyl (C=O) groups excluding carboxylic acids is 2. The Bertz CT molecular complexity index is 983. The van der Waals surface area contributed by atoms with Crippen molar-refractivity contribution in [2.75, 3.05) is 17.2 Å². The lowest BCUT2D eigenvalue weighted by Gasteiger charge is -2.17. The molecule has 2 aromatic rings. The van der Waals surface area contributed by atoms with Crippen LogP contribution in [0.1, 0.15) is 49.0 Å². The number of benzene rings is 1. The van der Waals surface area contributed by atoms with E-state index < -0.39 is 23.6 Å². The van der Waals surface area contributed by atoms with Crippen LogP contribution in [0, 0.1) is 0 Å². The van der Waals surface area contributed by atoms with Crippen molar-refractivity contribution >= 4 is 40.6 Å². The highest BCUT2D eigenvalue weighted by molar-refractivity contribution is 7.80. The Kier molecular flexibility index (Phi) is 8.94. The SMILES string of the molecule is CCCCCOc1ccc(NC(=S)NC(=O)c2cccnc2NC(C)=O)cc1C(F)(F)F. The maximum absolute atomic E-state index is 13.5. The Balaban J connectivity index is 2.11. The number of thiocarbonyl (C=S) groups is 1. The number of aromatic nitrogens is 1. The molecule has 172 valence electrons. The van der Waals surface area contributed by atoms with Gasteiger partial charge in [0, 0.05) is 18.8 Å².